The van der Waals surface area contributed by atoms with E-state index in [1.165, 1.54) is 22.6 Å². The first kappa shape index (κ1) is 20.0. The maximum absolute atomic E-state index is 13.1. The Morgan fingerprint density at radius 2 is 1.79 bits per heavy atom. The summed E-state index contributed by atoms with van der Waals surface area (Å²) >= 11 is 10.4. The lowest BCUT2D eigenvalue weighted by Crippen LogP contribution is -2.41. The van der Waals surface area contributed by atoms with Crippen molar-refractivity contribution in [2.24, 2.45) is 0 Å². The molecule has 134 valence electrons. The second-order valence-corrected chi connectivity index (χ2v) is 9.45. The highest BCUT2D eigenvalue weighted by atomic mass is 35.5. The lowest BCUT2D eigenvalue weighted by molar-refractivity contribution is -0.118. The number of amides is 1. The van der Waals surface area contributed by atoms with Crippen LogP contribution in [0, 0.1) is 0 Å². The van der Waals surface area contributed by atoms with E-state index in [1.54, 1.807) is 0 Å². The number of halogens is 1. The molecule has 1 heterocycles. The van der Waals surface area contributed by atoms with Gasteiger partial charge in [-0.2, -0.15) is 0 Å². The van der Waals surface area contributed by atoms with Crippen molar-refractivity contribution in [3.8, 4) is 0 Å². The highest BCUT2D eigenvalue weighted by Crippen LogP contribution is 2.36. The normalized spacial score (nSPS) is 16.3. The molecule has 0 aliphatic carbocycles. The molecule has 1 aliphatic rings. The zero-order valence-corrected chi connectivity index (χ0v) is 17.3. The Morgan fingerprint density at radius 1 is 1.21 bits per heavy atom. The van der Waals surface area contributed by atoms with Gasteiger partial charge < -0.3 is 4.90 Å². The Kier molecular flexibility index (Phi) is 8.32. The molecule has 1 atom stereocenters. The molecular weight excluding hydrogens is 358 g/mol. The summed E-state index contributed by atoms with van der Waals surface area (Å²) in [5, 5.41) is -0.430. The Balaban J connectivity index is 2.39. The predicted octanol–water partition coefficient (Wildman–Crippen LogP) is 5.36. The number of nitrogens with zero attached hydrogens (tertiary/aromatic N) is 1. The Labute approximate surface area is 160 Å². The Bertz CT molecular complexity index is 524. The van der Waals surface area contributed by atoms with Crippen molar-refractivity contribution < 1.29 is 4.79 Å². The largest absolute Gasteiger partial charge is 0.309 e. The zero-order valence-electron chi connectivity index (χ0n) is 14.9. The summed E-state index contributed by atoms with van der Waals surface area (Å²) in [5.74, 6) is 2.42. The molecule has 0 radical (unpaired) electrons. The van der Waals surface area contributed by atoms with Crippen LogP contribution in [0.2, 0.25) is 0 Å². The van der Waals surface area contributed by atoms with Crippen LogP contribution in [-0.2, 0) is 17.6 Å². The molecule has 0 bridgehead atoms. The minimum absolute atomic E-state index is 0.0715. The molecule has 0 N–H and O–H groups in total. The van der Waals surface area contributed by atoms with E-state index in [4.69, 9.17) is 11.6 Å². The topological polar surface area (TPSA) is 20.3 Å². The minimum atomic E-state index is -0.430. The van der Waals surface area contributed by atoms with Gasteiger partial charge in [-0.05, 0) is 30.4 Å². The van der Waals surface area contributed by atoms with Crippen molar-refractivity contribution in [1.82, 2.24) is 0 Å². The number of benzene rings is 1. The molecule has 0 saturated carbocycles. The van der Waals surface area contributed by atoms with Gasteiger partial charge in [0.1, 0.15) is 5.38 Å². The van der Waals surface area contributed by atoms with Crippen molar-refractivity contribution in [2.45, 2.75) is 56.4 Å². The molecule has 1 aromatic carbocycles. The number of carbonyl (C=O) groups excluding carboxylic acids is 1. The molecule has 1 aliphatic heterocycles. The molecular formula is C19H28ClNOS2. The molecule has 2 rings (SSSR count). The van der Waals surface area contributed by atoms with Gasteiger partial charge in [-0.1, -0.05) is 45.4 Å². The standard InChI is InChI=1S/C19H28ClNOS2/c1-4-8-16(20)19(22)21(13-17-23-11-12-24-17)18-14(5-2)9-7-10-15(18)6-3/h7,9-10,16-17H,4-6,8,11-13H2,1-3H3. The summed E-state index contributed by atoms with van der Waals surface area (Å²) < 4.78 is 0.453. The van der Waals surface area contributed by atoms with Crippen LogP contribution >= 0.6 is 35.1 Å². The van der Waals surface area contributed by atoms with Crippen LogP contribution in [0.5, 0.6) is 0 Å². The van der Waals surface area contributed by atoms with E-state index in [2.05, 4.69) is 39.0 Å². The smallest absolute Gasteiger partial charge is 0.245 e. The number of hydrogen-bond donors (Lipinski definition) is 0. The summed E-state index contributed by atoms with van der Waals surface area (Å²) in [6.07, 6.45) is 3.52. The van der Waals surface area contributed by atoms with E-state index in [0.717, 1.165) is 37.9 Å². The number of hydrogen-bond acceptors (Lipinski definition) is 3. The molecule has 1 unspecified atom stereocenters. The van der Waals surface area contributed by atoms with E-state index in [9.17, 15) is 4.79 Å². The van der Waals surface area contributed by atoms with Gasteiger partial charge >= 0.3 is 0 Å². The van der Waals surface area contributed by atoms with Crippen LogP contribution < -0.4 is 4.90 Å². The van der Waals surface area contributed by atoms with Crippen LogP contribution in [-0.4, -0.2) is 33.9 Å². The molecule has 1 saturated heterocycles. The van der Waals surface area contributed by atoms with Gasteiger partial charge in [0.15, 0.2) is 0 Å². The fourth-order valence-electron chi connectivity index (χ4n) is 3.06. The van der Waals surface area contributed by atoms with E-state index in [0.29, 0.717) is 4.58 Å². The Morgan fingerprint density at radius 3 is 2.29 bits per heavy atom. The molecule has 24 heavy (non-hydrogen) atoms. The lowest BCUT2D eigenvalue weighted by atomic mass is 10.0. The molecule has 1 aromatic rings. The number of anilines is 1. The molecule has 5 heteroatoms. The number of alkyl halides is 1. The van der Waals surface area contributed by atoms with Crippen molar-refractivity contribution in [2.75, 3.05) is 23.0 Å². The lowest BCUT2D eigenvalue weighted by Gasteiger charge is -2.31. The second-order valence-electron chi connectivity index (χ2n) is 6.01. The third-order valence-corrected chi connectivity index (χ3v) is 7.73. The summed E-state index contributed by atoms with van der Waals surface area (Å²) in [7, 11) is 0. The monoisotopic (exact) mass is 385 g/mol. The second kappa shape index (κ2) is 9.98. The van der Waals surface area contributed by atoms with Crippen molar-refractivity contribution in [3.05, 3.63) is 29.3 Å². The predicted molar refractivity (Wildman–Crippen MR) is 111 cm³/mol. The summed E-state index contributed by atoms with van der Waals surface area (Å²) in [4.78, 5) is 15.1. The van der Waals surface area contributed by atoms with Gasteiger partial charge in [-0.3, -0.25) is 4.79 Å². The van der Waals surface area contributed by atoms with Crippen LogP contribution in [0.15, 0.2) is 18.2 Å². The van der Waals surface area contributed by atoms with Crippen LogP contribution in [0.3, 0.4) is 0 Å². The van der Waals surface area contributed by atoms with Gasteiger partial charge in [0, 0.05) is 18.1 Å². The number of thioether (sulfide) groups is 2. The van der Waals surface area contributed by atoms with Crippen molar-refractivity contribution >= 4 is 46.7 Å². The average Bonchev–Trinajstić information content (AvgIpc) is 3.11. The molecule has 1 fully saturated rings. The first-order valence-corrected chi connectivity index (χ1v) is 11.4. The van der Waals surface area contributed by atoms with Gasteiger partial charge in [-0.25, -0.2) is 0 Å². The third-order valence-electron chi connectivity index (χ3n) is 4.33. The van der Waals surface area contributed by atoms with Crippen LogP contribution in [0.1, 0.15) is 44.7 Å². The highest BCUT2D eigenvalue weighted by Gasteiger charge is 2.30. The number of carbonyl (C=O) groups is 1. The van der Waals surface area contributed by atoms with Gasteiger partial charge in [0.05, 0.1) is 10.3 Å². The fraction of sp³-hybridized carbons (Fsp3) is 0.632. The first-order valence-electron chi connectivity index (χ1n) is 8.91. The maximum Gasteiger partial charge on any atom is 0.245 e. The number of rotatable bonds is 8. The number of para-hydroxylation sites is 1. The van der Waals surface area contributed by atoms with E-state index >= 15 is 0 Å². The highest BCUT2D eigenvalue weighted by molar-refractivity contribution is 8.20. The summed E-state index contributed by atoms with van der Waals surface area (Å²) in [6, 6.07) is 6.40. The SMILES string of the molecule is CCCC(Cl)C(=O)N(CC1SCCS1)c1c(CC)cccc1CC. The van der Waals surface area contributed by atoms with Crippen LogP contribution in [0.25, 0.3) is 0 Å². The molecule has 0 aromatic heterocycles. The van der Waals surface area contributed by atoms with Crippen molar-refractivity contribution in [3.63, 3.8) is 0 Å². The zero-order chi connectivity index (χ0) is 17.5. The third kappa shape index (κ3) is 4.86. The van der Waals surface area contributed by atoms with Gasteiger partial charge in [-0.15, -0.1) is 35.1 Å². The minimum Gasteiger partial charge on any atom is -0.309 e. The fourth-order valence-corrected chi connectivity index (χ4v) is 6.16. The van der Waals surface area contributed by atoms with E-state index < -0.39 is 5.38 Å². The Hall–Kier alpha value is -0.320. The van der Waals surface area contributed by atoms with Gasteiger partial charge in [0.2, 0.25) is 5.91 Å². The molecule has 2 nitrogen and oxygen atoms in total. The summed E-state index contributed by atoms with van der Waals surface area (Å²) in [5.41, 5.74) is 3.61. The first-order chi connectivity index (χ1) is 11.6. The molecule has 1 amide bonds. The molecule has 0 spiro atoms. The van der Waals surface area contributed by atoms with Gasteiger partial charge in [0.25, 0.3) is 0 Å². The van der Waals surface area contributed by atoms with E-state index in [1.807, 2.05) is 28.4 Å². The summed E-state index contributed by atoms with van der Waals surface area (Å²) in [6.45, 7) is 7.15. The van der Waals surface area contributed by atoms with Crippen molar-refractivity contribution in [1.29, 1.82) is 0 Å². The average molecular weight is 386 g/mol. The number of aryl methyl sites for hydroxylation is 2. The van der Waals surface area contributed by atoms with Crippen LogP contribution in [0.4, 0.5) is 5.69 Å². The van der Waals surface area contributed by atoms with E-state index in [-0.39, 0.29) is 5.91 Å². The quantitative estimate of drug-likeness (QED) is 0.562. The maximum atomic E-state index is 13.1.